The molecule has 0 radical (unpaired) electrons. The first-order valence-electron chi connectivity index (χ1n) is 4.58. The Bertz CT molecular complexity index is 173. The van der Waals surface area contributed by atoms with Gasteiger partial charge in [-0.15, -0.1) is 0 Å². The van der Waals surface area contributed by atoms with Crippen LogP contribution in [0.25, 0.3) is 0 Å². The van der Waals surface area contributed by atoms with Gasteiger partial charge in [-0.25, -0.2) is 5.43 Å². The van der Waals surface area contributed by atoms with E-state index in [9.17, 15) is 4.79 Å². The molecule has 0 heterocycles. The molecular formula is C9H18N2O. The Kier molecular flexibility index (Phi) is 2.73. The molecule has 1 amide bonds. The molecule has 12 heavy (non-hydrogen) atoms. The fourth-order valence-electron chi connectivity index (χ4n) is 1.70. The summed E-state index contributed by atoms with van der Waals surface area (Å²) in [6.07, 6.45) is 3.12. The normalized spacial score (nSPS) is 19.3. The predicted octanol–water partition coefficient (Wildman–Crippen LogP) is 1.06. The molecule has 0 atom stereocenters. The molecule has 0 aromatic rings. The molecule has 1 aliphatic carbocycles. The summed E-state index contributed by atoms with van der Waals surface area (Å²) in [5.74, 6) is 0.772. The highest BCUT2D eigenvalue weighted by atomic mass is 16.2. The van der Waals surface area contributed by atoms with Crippen LogP contribution in [0.2, 0.25) is 0 Å². The molecule has 0 unspecified atom stereocenters. The number of rotatable bonds is 4. The number of carbonyl (C=O) groups excluding carboxylic acids is 1. The summed E-state index contributed by atoms with van der Waals surface area (Å²) >= 11 is 0. The van der Waals surface area contributed by atoms with Crippen LogP contribution in [0.5, 0.6) is 0 Å². The van der Waals surface area contributed by atoms with Gasteiger partial charge >= 0.3 is 0 Å². The lowest BCUT2D eigenvalue weighted by Crippen LogP contribution is -2.40. The van der Waals surface area contributed by atoms with Crippen molar-refractivity contribution in [1.82, 2.24) is 10.9 Å². The highest BCUT2D eigenvalue weighted by Crippen LogP contribution is 2.50. The quantitative estimate of drug-likeness (QED) is 0.619. The number of hydrogen-bond acceptors (Lipinski definition) is 2. The molecule has 1 aliphatic rings. The van der Waals surface area contributed by atoms with Gasteiger partial charge in [0.15, 0.2) is 0 Å². The molecule has 3 nitrogen and oxygen atoms in total. The van der Waals surface area contributed by atoms with Gasteiger partial charge in [-0.05, 0) is 25.2 Å². The van der Waals surface area contributed by atoms with Crippen molar-refractivity contribution in [1.29, 1.82) is 0 Å². The zero-order valence-electron chi connectivity index (χ0n) is 8.11. The fraction of sp³-hybridized carbons (Fsp3) is 0.889. The lowest BCUT2D eigenvalue weighted by atomic mass is 9.94. The van der Waals surface area contributed by atoms with E-state index in [1.807, 2.05) is 0 Å². The van der Waals surface area contributed by atoms with Gasteiger partial charge < -0.3 is 0 Å². The van der Waals surface area contributed by atoms with Crippen molar-refractivity contribution >= 4 is 5.91 Å². The van der Waals surface area contributed by atoms with E-state index in [4.69, 9.17) is 0 Å². The molecule has 3 heteroatoms. The topological polar surface area (TPSA) is 41.1 Å². The van der Waals surface area contributed by atoms with Crippen molar-refractivity contribution in [3.8, 4) is 0 Å². The lowest BCUT2D eigenvalue weighted by Gasteiger charge is -2.16. The maximum atomic E-state index is 11.5. The van der Waals surface area contributed by atoms with Crippen LogP contribution in [0.1, 0.15) is 33.1 Å². The largest absolute Gasteiger partial charge is 0.291 e. The van der Waals surface area contributed by atoms with E-state index < -0.39 is 0 Å². The van der Waals surface area contributed by atoms with Crippen molar-refractivity contribution in [2.75, 3.05) is 7.05 Å². The standard InChI is InChI=1S/C9H18N2O/c1-7(2)6-9(4-5-9)8(12)11-10-3/h7,10H,4-6H2,1-3H3,(H,11,12). The van der Waals surface area contributed by atoms with Crippen molar-refractivity contribution in [3.05, 3.63) is 0 Å². The van der Waals surface area contributed by atoms with E-state index in [1.54, 1.807) is 7.05 Å². The third kappa shape index (κ3) is 1.97. The Balaban J connectivity index is 2.43. The number of hydrazine groups is 1. The summed E-state index contributed by atoms with van der Waals surface area (Å²) in [5.41, 5.74) is 5.32. The van der Waals surface area contributed by atoms with E-state index in [0.717, 1.165) is 19.3 Å². The Morgan fingerprint density at radius 3 is 2.42 bits per heavy atom. The molecule has 0 aliphatic heterocycles. The maximum absolute atomic E-state index is 11.5. The van der Waals surface area contributed by atoms with Gasteiger partial charge in [0.1, 0.15) is 0 Å². The SMILES string of the molecule is CNNC(=O)C1(CC(C)C)CC1. The van der Waals surface area contributed by atoms with Gasteiger partial charge in [-0.3, -0.25) is 10.2 Å². The second kappa shape index (κ2) is 3.44. The van der Waals surface area contributed by atoms with Gasteiger partial charge in [-0.2, -0.15) is 0 Å². The first-order valence-corrected chi connectivity index (χ1v) is 4.58. The minimum atomic E-state index is -0.0306. The van der Waals surface area contributed by atoms with Gasteiger partial charge in [0, 0.05) is 7.05 Å². The van der Waals surface area contributed by atoms with Gasteiger partial charge in [0.25, 0.3) is 0 Å². The zero-order valence-corrected chi connectivity index (χ0v) is 8.11. The second-order valence-corrected chi connectivity index (χ2v) is 4.08. The number of nitrogens with one attached hydrogen (secondary N) is 2. The van der Waals surface area contributed by atoms with Crippen LogP contribution < -0.4 is 10.9 Å². The van der Waals surface area contributed by atoms with Crippen LogP contribution in [0, 0.1) is 11.3 Å². The third-order valence-corrected chi connectivity index (χ3v) is 2.37. The van der Waals surface area contributed by atoms with Crippen molar-refractivity contribution < 1.29 is 4.79 Å². The summed E-state index contributed by atoms with van der Waals surface area (Å²) in [6.45, 7) is 4.32. The minimum absolute atomic E-state index is 0.0306. The first-order chi connectivity index (χ1) is 5.60. The third-order valence-electron chi connectivity index (χ3n) is 2.37. The summed E-state index contributed by atoms with van der Waals surface area (Å²) in [6, 6.07) is 0. The first kappa shape index (κ1) is 9.52. The lowest BCUT2D eigenvalue weighted by molar-refractivity contribution is -0.127. The van der Waals surface area contributed by atoms with E-state index in [-0.39, 0.29) is 11.3 Å². The average molecular weight is 170 g/mol. The summed E-state index contributed by atoms with van der Waals surface area (Å²) in [4.78, 5) is 11.5. The zero-order chi connectivity index (χ0) is 9.19. The molecule has 2 N–H and O–H groups in total. The fourth-order valence-corrected chi connectivity index (χ4v) is 1.70. The Hall–Kier alpha value is -0.570. The van der Waals surface area contributed by atoms with Crippen LogP contribution in [0.3, 0.4) is 0 Å². The van der Waals surface area contributed by atoms with Crippen LogP contribution in [-0.4, -0.2) is 13.0 Å². The Labute approximate surface area is 73.9 Å². The van der Waals surface area contributed by atoms with Gasteiger partial charge in [0.05, 0.1) is 5.41 Å². The molecule has 1 fully saturated rings. The Morgan fingerprint density at radius 2 is 2.08 bits per heavy atom. The van der Waals surface area contributed by atoms with E-state index >= 15 is 0 Å². The number of hydrogen-bond donors (Lipinski definition) is 2. The van der Waals surface area contributed by atoms with Crippen LogP contribution in [0.15, 0.2) is 0 Å². The van der Waals surface area contributed by atoms with Crippen molar-refractivity contribution in [2.24, 2.45) is 11.3 Å². The minimum Gasteiger partial charge on any atom is -0.291 e. The highest BCUT2D eigenvalue weighted by molar-refractivity contribution is 5.84. The molecule has 1 rings (SSSR count). The van der Waals surface area contributed by atoms with Crippen molar-refractivity contribution in [2.45, 2.75) is 33.1 Å². The number of amides is 1. The second-order valence-electron chi connectivity index (χ2n) is 4.08. The van der Waals surface area contributed by atoms with Crippen molar-refractivity contribution in [3.63, 3.8) is 0 Å². The van der Waals surface area contributed by atoms with Crippen LogP contribution in [-0.2, 0) is 4.79 Å². The average Bonchev–Trinajstić information content (AvgIpc) is 2.69. The molecule has 0 saturated heterocycles. The monoisotopic (exact) mass is 170 g/mol. The molecule has 0 bridgehead atoms. The molecular weight excluding hydrogens is 152 g/mol. The van der Waals surface area contributed by atoms with Crippen LogP contribution in [0.4, 0.5) is 0 Å². The highest BCUT2D eigenvalue weighted by Gasteiger charge is 2.49. The molecule has 0 aromatic heterocycles. The Morgan fingerprint density at radius 1 is 1.50 bits per heavy atom. The van der Waals surface area contributed by atoms with E-state index in [1.165, 1.54) is 0 Å². The van der Waals surface area contributed by atoms with E-state index in [2.05, 4.69) is 24.7 Å². The summed E-state index contributed by atoms with van der Waals surface area (Å²) in [7, 11) is 1.73. The molecule has 1 saturated carbocycles. The van der Waals surface area contributed by atoms with E-state index in [0.29, 0.717) is 5.92 Å². The summed E-state index contributed by atoms with van der Waals surface area (Å²) in [5, 5.41) is 0. The van der Waals surface area contributed by atoms with Gasteiger partial charge in [-0.1, -0.05) is 13.8 Å². The molecule has 0 spiro atoms. The van der Waals surface area contributed by atoms with Gasteiger partial charge in [0.2, 0.25) is 5.91 Å². The maximum Gasteiger partial charge on any atom is 0.240 e. The summed E-state index contributed by atoms with van der Waals surface area (Å²) < 4.78 is 0. The number of carbonyl (C=O) groups is 1. The van der Waals surface area contributed by atoms with Crippen LogP contribution >= 0.6 is 0 Å². The molecule has 0 aromatic carbocycles. The smallest absolute Gasteiger partial charge is 0.240 e. The molecule has 70 valence electrons. The predicted molar refractivity (Wildman–Crippen MR) is 48.3 cm³/mol.